The third-order valence-corrected chi connectivity index (χ3v) is 3.97. The van der Waals surface area contributed by atoms with Crippen LogP contribution in [0.15, 0.2) is 23.1 Å². The SMILES string of the molecule is NC(=O)NC(=O)CS(=O)(=O)c1cc(N)ccc1Cl. The highest BCUT2D eigenvalue weighted by Crippen LogP contribution is 2.24. The van der Waals surface area contributed by atoms with Gasteiger partial charge in [-0.3, -0.25) is 10.1 Å². The molecule has 1 aromatic rings. The van der Waals surface area contributed by atoms with E-state index in [1.807, 2.05) is 0 Å². The number of benzene rings is 1. The van der Waals surface area contributed by atoms with Gasteiger partial charge in [0.15, 0.2) is 9.84 Å². The van der Waals surface area contributed by atoms with E-state index in [1.165, 1.54) is 12.1 Å². The van der Waals surface area contributed by atoms with Gasteiger partial charge in [0.1, 0.15) is 5.75 Å². The van der Waals surface area contributed by atoms with Gasteiger partial charge < -0.3 is 11.5 Å². The van der Waals surface area contributed by atoms with Gasteiger partial charge in [0.05, 0.1) is 9.92 Å². The van der Waals surface area contributed by atoms with E-state index in [1.54, 1.807) is 5.32 Å². The molecule has 7 nitrogen and oxygen atoms in total. The molecule has 1 aromatic carbocycles. The molecule has 0 aliphatic carbocycles. The predicted molar refractivity (Wildman–Crippen MR) is 65.6 cm³/mol. The van der Waals surface area contributed by atoms with E-state index >= 15 is 0 Å². The zero-order chi connectivity index (χ0) is 13.9. The highest BCUT2D eigenvalue weighted by molar-refractivity contribution is 7.92. The van der Waals surface area contributed by atoms with E-state index in [2.05, 4.69) is 0 Å². The standard InChI is InChI=1S/C9H10ClN3O4S/c10-6-2-1-5(11)3-7(6)18(16,17)4-8(14)13-9(12)15/h1-3H,4,11H2,(H3,12,13,14,15). The van der Waals surface area contributed by atoms with Crippen molar-refractivity contribution in [3.05, 3.63) is 23.2 Å². The molecular weight excluding hydrogens is 282 g/mol. The first-order valence-corrected chi connectivity index (χ1v) is 6.62. The van der Waals surface area contributed by atoms with Crippen molar-refractivity contribution in [2.45, 2.75) is 4.90 Å². The highest BCUT2D eigenvalue weighted by Gasteiger charge is 2.23. The molecule has 0 unspecified atom stereocenters. The Morgan fingerprint density at radius 2 is 1.94 bits per heavy atom. The normalized spacial score (nSPS) is 10.9. The molecule has 0 atom stereocenters. The van der Waals surface area contributed by atoms with Gasteiger partial charge in [0.2, 0.25) is 5.91 Å². The largest absolute Gasteiger partial charge is 0.399 e. The Kier molecular flexibility index (Phi) is 4.15. The zero-order valence-corrected chi connectivity index (χ0v) is 10.6. The quantitative estimate of drug-likeness (QED) is 0.668. The van der Waals surface area contributed by atoms with Crippen molar-refractivity contribution >= 4 is 39.1 Å². The number of sulfone groups is 1. The topological polar surface area (TPSA) is 132 Å². The van der Waals surface area contributed by atoms with Gasteiger partial charge >= 0.3 is 6.03 Å². The Balaban J connectivity index is 3.03. The number of hydrogen-bond acceptors (Lipinski definition) is 5. The van der Waals surface area contributed by atoms with Crippen LogP contribution in [0.5, 0.6) is 0 Å². The van der Waals surface area contributed by atoms with Gasteiger partial charge in [0, 0.05) is 5.69 Å². The molecule has 0 aliphatic rings. The zero-order valence-electron chi connectivity index (χ0n) is 9.01. The molecular formula is C9H10ClN3O4S. The first-order valence-electron chi connectivity index (χ1n) is 4.59. The molecule has 0 aliphatic heterocycles. The second-order valence-corrected chi connectivity index (χ2v) is 5.73. The van der Waals surface area contributed by atoms with E-state index < -0.39 is 27.5 Å². The lowest BCUT2D eigenvalue weighted by molar-refractivity contribution is -0.117. The summed E-state index contributed by atoms with van der Waals surface area (Å²) in [5.74, 6) is -1.99. The maximum absolute atomic E-state index is 11.8. The number of carbonyl (C=O) groups excluding carboxylic acids is 2. The van der Waals surface area contributed by atoms with Gasteiger partial charge in [0.25, 0.3) is 0 Å². The highest BCUT2D eigenvalue weighted by atomic mass is 35.5. The van der Waals surface area contributed by atoms with E-state index in [0.717, 1.165) is 6.07 Å². The molecule has 0 saturated carbocycles. The average Bonchev–Trinajstić information content (AvgIpc) is 2.19. The number of rotatable bonds is 3. The fourth-order valence-corrected chi connectivity index (χ4v) is 2.91. The molecule has 9 heteroatoms. The van der Waals surface area contributed by atoms with Crippen LogP contribution in [0.4, 0.5) is 10.5 Å². The maximum Gasteiger partial charge on any atom is 0.318 e. The summed E-state index contributed by atoms with van der Waals surface area (Å²) in [4.78, 5) is 21.3. The van der Waals surface area contributed by atoms with Crippen molar-refractivity contribution in [1.82, 2.24) is 5.32 Å². The lowest BCUT2D eigenvalue weighted by atomic mass is 10.3. The van der Waals surface area contributed by atoms with E-state index in [-0.39, 0.29) is 15.6 Å². The van der Waals surface area contributed by atoms with Crippen LogP contribution in [0.25, 0.3) is 0 Å². The third-order valence-electron chi connectivity index (χ3n) is 1.87. The number of halogens is 1. The second-order valence-electron chi connectivity index (χ2n) is 3.36. The van der Waals surface area contributed by atoms with Crippen LogP contribution in [0.2, 0.25) is 5.02 Å². The average molecular weight is 292 g/mol. The van der Waals surface area contributed by atoms with Crippen molar-refractivity contribution < 1.29 is 18.0 Å². The number of anilines is 1. The van der Waals surface area contributed by atoms with E-state index in [9.17, 15) is 18.0 Å². The molecule has 0 aromatic heterocycles. The molecule has 0 radical (unpaired) electrons. The summed E-state index contributed by atoms with van der Waals surface area (Å²) < 4.78 is 23.7. The summed E-state index contributed by atoms with van der Waals surface area (Å²) in [6.45, 7) is 0. The number of nitrogens with two attached hydrogens (primary N) is 2. The first-order chi connectivity index (χ1) is 8.22. The van der Waals surface area contributed by atoms with Crippen LogP contribution in [0.3, 0.4) is 0 Å². The number of primary amides is 1. The minimum Gasteiger partial charge on any atom is -0.399 e. The summed E-state index contributed by atoms with van der Waals surface area (Å²) in [5.41, 5.74) is 10.3. The lowest BCUT2D eigenvalue weighted by Gasteiger charge is -2.06. The molecule has 0 saturated heterocycles. The fraction of sp³-hybridized carbons (Fsp3) is 0.111. The summed E-state index contributed by atoms with van der Waals surface area (Å²) in [5, 5.41) is 1.59. The fourth-order valence-electron chi connectivity index (χ4n) is 1.18. The monoisotopic (exact) mass is 291 g/mol. The second kappa shape index (κ2) is 5.23. The number of nitrogens with one attached hydrogen (secondary N) is 1. The molecule has 98 valence electrons. The van der Waals surface area contributed by atoms with Crippen molar-refractivity contribution in [2.75, 3.05) is 11.5 Å². The van der Waals surface area contributed by atoms with Crippen LogP contribution >= 0.6 is 11.6 Å². The molecule has 3 amide bonds. The molecule has 18 heavy (non-hydrogen) atoms. The number of imide groups is 1. The molecule has 5 N–H and O–H groups in total. The lowest BCUT2D eigenvalue weighted by Crippen LogP contribution is -2.38. The summed E-state index contributed by atoms with van der Waals surface area (Å²) in [6.07, 6.45) is 0. The third kappa shape index (κ3) is 3.60. The van der Waals surface area contributed by atoms with Crippen LogP contribution in [0, 0.1) is 0 Å². The number of amides is 3. The van der Waals surface area contributed by atoms with Crippen LogP contribution < -0.4 is 16.8 Å². The summed E-state index contributed by atoms with van der Waals surface area (Å²) >= 11 is 5.71. The summed E-state index contributed by atoms with van der Waals surface area (Å²) in [6, 6.07) is 2.73. The Morgan fingerprint density at radius 3 is 2.50 bits per heavy atom. The van der Waals surface area contributed by atoms with Gasteiger partial charge in [-0.1, -0.05) is 11.6 Å². The predicted octanol–water partition coefficient (Wildman–Crippen LogP) is -0.109. The first kappa shape index (κ1) is 14.3. The van der Waals surface area contributed by atoms with Gasteiger partial charge in [-0.05, 0) is 18.2 Å². The Labute approximate surface area is 108 Å². The minimum atomic E-state index is -3.99. The summed E-state index contributed by atoms with van der Waals surface area (Å²) in [7, 11) is -3.99. The Hall–Kier alpha value is -1.80. The van der Waals surface area contributed by atoms with Gasteiger partial charge in [-0.25, -0.2) is 13.2 Å². The van der Waals surface area contributed by atoms with E-state index in [4.69, 9.17) is 23.1 Å². The molecule has 0 heterocycles. The van der Waals surface area contributed by atoms with Crippen molar-refractivity contribution in [1.29, 1.82) is 0 Å². The minimum absolute atomic E-state index is 0.0592. The molecule has 0 fully saturated rings. The Morgan fingerprint density at radius 1 is 1.33 bits per heavy atom. The van der Waals surface area contributed by atoms with Crippen LogP contribution in [-0.2, 0) is 14.6 Å². The maximum atomic E-state index is 11.8. The smallest absolute Gasteiger partial charge is 0.318 e. The van der Waals surface area contributed by atoms with Crippen LogP contribution in [-0.4, -0.2) is 26.1 Å². The number of nitrogen functional groups attached to an aromatic ring is 1. The van der Waals surface area contributed by atoms with E-state index in [0.29, 0.717) is 0 Å². The van der Waals surface area contributed by atoms with Crippen LogP contribution in [0.1, 0.15) is 0 Å². The molecule has 1 rings (SSSR count). The van der Waals surface area contributed by atoms with Crippen molar-refractivity contribution in [3.63, 3.8) is 0 Å². The number of carbonyl (C=O) groups is 2. The van der Waals surface area contributed by atoms with Gasteiger partial charge in [-0.15, -0.1) is 0 Å². The molecule has 0 spiro atoms. The Bertz CT molecular complexity index is 600. The van der Waals surface area contributed by atoms with Crippen molar-refractivity contribution in [2.24, 2.45) is 5.73 Å². The molecule has 0 bridgehead atoms. The van der Waals surface area contributed by atoms with Gasteiger partial charge in [-0.2, -0.15) is 0 Å². The van der Waals surface area contributed by atoms with Crippen molar-refractivity contribution in [3.8, 4) is 0 Å². The number of hydrogen-bond donors (Lipinski definition) is 3. The number of urea groups is 1.